The van der Waals surface area contributed by atoms with Crippen LogP contribution < -0.4 is 10.6 Å². The molecule has 0 aliphatic carbocycles. The van der Waals surface area contributed by atoms with Gasteiger partial charge in [-0.3, -0.25) is 9.59 Å². The zero-order chi connectivity index (χ0) is 11.5. The highest BCUT2D eigenvalue weighted by atomic mass is 35.5. The van der Waals surface area contributed by atoms with Crippen molar-refractivity contribution in [3.63, 3.8) is 0 Å². The predicted molar refractivity (Wildman–Crippen MR) is 67.0 cm³/mol. The zero-order valence-corrected chi connectivity index (χ0v) is 10.9. The van der Waals surface area contributed by atoms with Crippen LogP contribution in [0.5, 0.6) is 0 Å². The van der Waals surface area contributed by atoms with Gasteiger partial charge in [-0.05, 0) is 12.8 Å². The third-order valence-electron chi connectivity index (χ3n) is 3.48. The Labute approximate surface area is 108 Å². The van der Waals surface area contributed by atoms with Crippen molar-refractivity contribution in [3.8, 4) is 0 Å². The predicted octanol–water partition coefficient (Wildman–Crippen LogP) is -0.388. The summed E-state index contributed by atoms with van der Waals surface area (Å²) in [6.07, 6.45) is 1.83. The maximum Gasteiger partial charge on any atom is 0.228 e. The van der Waals surface area contributed by atoms with Gasteiger partial charge in [0.15, 0.2) is 0 Å². The molecule has 0 spiro atoms. The van der Waals surface area contributed by atoms with Crippen LogP contribution in [-0.4, -0.2) is 49.9 Å². The number of nitrogens with zero attached hydrogens (tertiary/aromatic N) is 1. The number of carbonyl (C=O) groups is 2. The van der Waals surface area contributed by atoms with Crippen molar-refractivity contribution in [1.82, 2.24) is 15.5 Å². The molecule has 1 unspecified atom stereocenters. The van der Waals surface area contributed by atoms with E-state index in [9.17, 15) is 9.59 Å². The van der Waals surface area contributed by atoms with Crippen LogP contribution in [0, 0.1) is 11.8 Å². The van der Waals surface area contributed by atoms with Crippen LogP contribution in [0.4, 0.5) is 0 Å². The van der Waals surface area contributed by atoms with Gasteiger partial charge in [-0.15, -0.1) is 12.4 Å². The topological polar surface area (TPSA) is 61.4 Å². The van der Waals surface area contributed by atoms with Gasteiger partial charge in [0.25, 0.3) is 0 Å². The summed E-state index contributed by atoms with van der Waals surface area (Å²) < 4.78 is 0. The molecule has 1 atom stereocenters. The molecule has 98 valence electrons. The monoisotopic (exact) mass is 261 g/mol. The Hall–Kier alpha value is -0.810. The lowest BCUT2D eigenvalue weighted by Gasteiger charge is -2.37. The molecule has 6 heteroatoms. The van der Waals surface area contributed by atoms with E-state index in [-0.39, 0.29) is 36.1 Å². The van der Waals surface area contributed by atoms with E-state index in [2.05, 4.69) is 10.6 Å². The zero-order valence-electron chi connectivity index (χ0n) is 10.1. The van der Waals surface area contributed by atoms with Gasteiger partial charge in [0.1, 0.15) is 0 Å². The number of hydrogen-bond acceptors (Lipinski definition) is 3. The number of likely N-dealkylation sites (tertiary alicyclic amines) is 1. The number of nitrogens with one attached hydrogen (secondary N) is 2. The minimum absolute atomic E-state index is 0. The van der Waals surface area contributed by atoms with Crippen LogP contribution in [0.15, 0.2) is 0 Å². The second-order valence-corrected chi connectivity index (χ2v) is 4.59. The summed E-state index contributed by atoms with van der Waals surface area (Å²) in [5.41, 5.74) is 0. The van der Waals surface area contributed by atoms with Crippen molar-refractivity contribution in [2.45, 2.75) is 12.8 Å². The average Bonchev–Trinajstić information content (AvgIpc) is 2.26. The Morgan fingerprint density at radius 3 is 2.53 bits per heavy atom. The van der Waals surface area contributed by atoms with E-state index in [1.807, 2.05) is 4.90 Å². The third kappa shape index (κ3) is 3.10. The second-order valence-electron chi connectivity index (χ2n) is 4.59. The minimum atomic E-state index is -0.0178. The normalized spacial score (nSPS) is 24.5. The highest BCUT2D eigenvalue weighted by molar-refractivity contribution is 5.85. The third-order valence-corrected chi connectivity index (χ3v) is 3.48. The molecule has 17 heavy (non-hydrogen) atoms. The Bertz CT molecular complexity index is 294. The van der Waals surface area contributed by atoms with E-state index in [4.69, 9.17) is 0 Å². The lowest BCUT2D eigenvalue weighted by Crippen LogP contribution is -2.54. The fourth-order valence-electron chi connectivity index (χ4n) is 2.32. The molecule has 0 aromatic heterocycles. The van der Waals surface area contributed by atoms with E-state index < -0.39 is 0 Å². The van der Waals surface area contributed by atoms with Gasteiger partial charge >= 0.3 is 0 Å². The SMILES string of the molecule is CNC(=O)C1CCCN(C(=O)C2CNC2)C1.Cl. The molecule has 2 aliphatic rings. The minimum Gasteiger partial charge on any atom is -0.359 e. The molecule has 2 saturated heterocycles. The lowest BCUT2D eigenvalue weighted by molar-refractivity contribution is -0.140. The van der Waals surface area contributed by atoms with Gasteiger partial charge < -0.3 is 15.5 Å². The smallest absolute Gasteiger partial charge is 0.228 e. The van der Waals surface area contributed by atoms with Gasteiger partial charge in [-0.2, -0.15) is 0 Å². The van der Waals surface area contributed by atoms with Gasteiger partial charge in [-0.1, -0.05) is 0 Å². The quantitative estimate of drug-likeness (QED) is 0.712. The Balaban J connectivity index is 0.00000144. The summed E-state index contributed by atoms with van der Waals surface area (Å²) in [7, 11) is 1.65. The fourth-order valence-corrected chi connectivity index (χ4v) is 2.32. The summed E-state index contributed by atoms with van der Waals surface area (Å²) in [5, 5.41) is 5.76. The molecule has 2 fully saturated rings. The summed E-state index contributed by atoms with van der Waals surface area (Å²) in [4.78, 5) is 25.4. The molecular weight excluding hydrogens is 242 g/mol. The van der Waals surface area contributed by atoms with E-state index in [1.54, 1.807) is 7.05 Å². The van der Waals surface area contributed by atoms with Crippen molar-refractivity contribution in [2.24, 2.45) is 11.8 Å². The van der Waals surface area contributed by atoms with Crippen molar-refractivity contribution in [2.75, 3.05) is 33.2 Å². The number of piperidine rings is 1. The summed E-state index contributed by atoms with van der Waals surface area (Å²) in [6, 6.07) is 0. The first-order valence-corrected chi connectivity index (χ1v) is 5.93. The molecule has 2 amide bonds. The maximum absolute atomic E-state index is 12.0. The van der Waals surface area contributed by atoms with Crippen LogP contribution >= 0.6 is 12.4 Å². The van der Waals surface area contributed by atoms with E-state index in [0.29, 0.717) is 6.54 Å². The van der Waals surface area contributed by atoms with E-state index in [0.717, 1.165) is 32.5 Å². The molecule has 2 N–H and O–H groups in total. The standard InChI is InChI=1S/C11H19N3O2.ClH/c1-12-10(15)8-3-2-4-14(7-8)11(16)9-5-13-6-9;/h8-9,13H,2-7H2,1H3,(H,12,15);1H. The number of amides is 2. The van der Waals surface area contributed by atoms with Crippen LogP contribution in [0.3, 0.4) is 0 Å². The van der Waals surface area contributed by atoms with Crippen LogP contribution in [0.25, 0.3) is 0 Å². The first kappa shape index (κ1) is 14.3. The summed E-state index contributed by atoms with van der Waals surface area (Å²) in [6.45, 7) is 2.98. The van der Waals surface area contributed by atoms with Crippen molar-refractivity contribution >= 4 is 24.2 Å². The molecule has 5 nitrogen and oxygen atoms in total. The molecule has 0 saturated carbocycles. The van der Waals surface area contributed by atoms with E-state index >= 15 is 0 Å². The number of carbonyl (C=O) groups excluding carboxylic acids is 2. The summed E-state index contributed by atoms with van der Waals surface area (Å²) >= 11 is 0. The lowest BCUT2D eigenvalue weighted by atomic mass is 9.94. The molecule has 0 aromatic rings. The Morgan fingerprint density at radius 2 is 2.00 bits per heavy atom. The van der Waals surface area contributed by atoms with Crippen LogP contribution in [-0.2, 0) is 9.59 Å². The fraction of sp³-hybridized carbons (Fsp3) is 0.818. The molecule has 0 bridgehead atoms. The van der Waals surface area contributed by atoms with Gasteiger partial charge in [0.2, 0.25) is 11.8 Å². The highest BCUT2D eigenvalue weighted by Crippen LogP contribution is 2.19. The average molecular weight is 262 g/mol. The highest BCUT2D eigenvalue weighted by Gasteiger charge is 2.33. The molecular formula is C11H20ClN3O2. The molecule has 0 radical (unpaired) electrons. The Morgan fingerprint density at radius 1 is 1.29 bits per heavy atom. The first-order valence-electron chi connectivity index (χ1n) is 5.93. The summed E-state index contributed by atoms with van der Waals surface area (Å²) in [5.74, 6) is 0.399. The largest absolute Gasteiger partial charge is 0.359 e. The van der Waals surface area contributed by atoms with Crippen molar-refractivity contribution < 1.29 is 9.59 Å². The van der Waals surface area contributed by atoms with Gasteiger partial charge in [-0.25, -0.2) is 0 Å². The number of hydrogen-bond donors (Lipinski definition) is 2. The Kier molecular flexibility index (Phi) is 5.21. The molecule has 0 aromatic carbocycles. The second kappa shape index (κ2) is 6.21. The first-order chi connectivity index (χ1) is 7.72. The molecule has 2 heterocycles. The van der Waals surface area contributed by atoms with Gasteiger partial charge in [0, 0.05) is 33.2 Å². The molecule has 2 rings (SSSR count). The molecule has 2 aliphatic heterocycles. The van der Waals surface area contributed by atoms with E-state index in [1.165, 1.54) is 0 Å². The number of rotatable bonds is 2. The van der Waals surface area contributed by atoms with Crippen LogP contribution in [0.2, 0.25) is 0 Å². The van der Waals surface area contributed by atoms with Gasteiger partial charge in [0.05, 0.1) is 11.8 Å². The maximum atomic E-state index is 12.0. The number of halogens is 1. The van der Waals surface area contributed by atoms with Crippen LogP contribution in [0.1, 0.15) is 12.8 Å². The van der Waals surface area contributed by atoms with Crippen molar-refractivity contribution in [1.29, 1.82) is 0 Å². The van der Waals surface area contributed by atoms with Crippen molar-refractivity contribution in [3.05, 3.63) is 0 Å².